The third-order valence-electron chi connectivity index (χ3n) is 2.42. The van der Waals surface area contributed by atoms with Gasteiger partial charge in [0.25, 0.3) is 5.91 Å². The number of aliphatic hydroxyl groups is 1. The maximum atomic E-state index is 13.7. The highest BCUT2D eigenvalue weighted by atomic mass is 19.1. The van der Waals surface area contributed by atoms with Crippen molar-refractivity contribution in [3.05, 3.63) is 35.1 Å². The second kappa shape index (κ2) is 7.26. The van der Waals surface area contributed by atoms with Crippen LogP contribution in [0.5, 0.6) is 0 Å². The Bertz CT molecular complexity index is 574. The first-order chi connectivity index (χ1) is 9.45. The number of aliphatic hydroxyl groups excluding tert-OH is 1. The lowest BCUT2D eigenvalue weighted by atomic mass is 10.1. The van der Waals surface area contributed by atoms with E-state index in [0.29, 0.717) is 5.56 Å². The maximum absolute atomic E-state index is 13.7. The molecule has 0 unspecified atom stereocenters. The average molecular weight is 278 g/mol. The molecule has 0 aromatic heterocycles. The summed E-state index contributed by atoms with van der Waals surface area (Å²) < 4.78 is 13.7. The molecule has 20 heavy (non-hydrogen) atoms. The summed E-state index contributed by atoms with van der Waals surface area (Å²) in [5.41, 5.74) is 0.198. The number of benzene rings is 1. The van der Waals surface area contributed by atoms with E-state index in [1.807, 2.05) is 0 Å². The van der Waals surface area contributed by atoms with Crippen LogP contribution in [0.2, 0.25) is 0 Å². The van der Waals surface area contributed by atoms with Gasteiger partial charge in [-0.25, -0.2) is 4.39 Å². The van der Waals surface area contributed by atoms with Crippen LogP contribution in [-0.4, -0.2) is 49.1 Å². The highest BCUT2D eigenvalue weighted by Crippen LogP contribution is 2.09. The number of likely N-dealkylation sites (N-methyl/N-ethyl adjacent to an activating group) is 1. The van der Waals surface area contributed by atoms with Crippen molar-refractivity contribution < 1.29 is 19.1 Å². The van der Waals surface area contributed by atoms with Crippen LogP contribution >= 0.6 is 0 Å². The minimum Gasteiger partial charge on any atom is -0.384 e. The Morgan fingerprint density at radius 1 is 1.40 bits per heavy atom. The van der Waals surface area contributed by atoms with Crippen molar-refractivity contribution in [1.29, 1.82) is 0 Å². The van der Waals surface area contributed by atoms with Crippen LogP contribution in [0.4, 0.5) is 4.39 Å². The summed E-state index contributed by atoms with van der Waals surface area (Å²) in [6, 6.07) is 3.85. The van der Waals surface area contributed by atoms with Gasteiger partial charge >= 0.3 is 0 Å². The zero-order chi connectivity index (χ0) is 15.1. The fourth-order valence-corrected chi connectivity index (χ4v) is 1.33. The Hall–Kier alpha value is -2.39. The van der Waals surface area contributed by atoms with Crippen LogP contribution in [-0.2, 0) is 4.79 Å². The van der Waals surface area contributed by atoms with Crippen LogP contribution in [0, 0.1) is 17.7 Å². The van der Waals surface area contributed by atoms with Gasteiger partial charge in [0.05, 0.1) is 12.1 Å². The van der Waals surface area contributed by atoms with E-state index < -0.39 is 11.7 Å². The largest absolute Gasteiger partial charge is 0.384 e. The molecule has 0 spiro atoms. The Morgan fingerprint density at radius 2 is 2.10 bits per heavy atom. The van der Waals surface area contributed by atoms with Crippen LogP contribution in [0.1, 0.15) is 15.9 Å². The number of carbonyl (C=O) groups is 2. The van der Waals surface area contributed by atoms with Crippen molar-refractivity contribution in [3.63, 3.8) is 0 Å². The number of halogens is 1. The summed E-state index contributed by atoms with van der Waals surface area (Å²) >= 11 is 0. The fraction of sp³-hybridized carbons (Fsp3) is 0.286. The van der Waals surface area contributed by atoms with Gasteiger partial charge < -0.3 is 15.3 Å². The van der Waals surface area contributed by atoms with Crippen molar-refractivity contribution in [2.45, 2.75) is 0 Å². The molecule has 2 N–H and O–H groups in total. The van der Waals surface area contributed by atoms with E-state index in [9.17, 15) is 14.0 Å². The highest BCUT2D eigenvalue weighted by Gasteiger charge is 2.13. The smallest absolute Gasteiger partial charge is 0.254 e. The molecule has 2 amide bonds. The molecule has 106 valence electrons. The lowest BCUT2D eigenvalue weighted by Crippen LogP contribution is -2.36. The van der Waals surface area contributed by atoms with E-state index >= 15 is 0 Å². The lowest BCUT2D eigenvalue weighted by Gasteiger charge is -2.11. The zero-order valence-electron chi connectivity index (χ0n) is 11.2. The molecule has 6 heteroatoms. The van der Waals surface area contributed by atoms with Crippen molar-refractivity contribution in [2.75, 3.05) is 27.2 Å². The van der Waals surface area contributed by atoms with Gasteiger partial charge in [0.2, 0.25) is 5.91 Å². The lowest BCUT2D eigenvalue weighted by molar-refractivity contribution is -0.127. The SMILES string of the molecule is CN(C)C(=O)CNC(=O)c1ccc(C#CCO)cc1F. The normalized spacial score (nSPS) is 9.40. The van der Waals surface area contributed by atoms with Gasteiger partial charge in [0.1, 0.15) is 12.4 Å². The topological polar surface area (TPSA) is 69.6 Å². The second-order valence-corrected chi connectivity index (χ2v) is 4.13. The molecular formula is C14H15FN2O3. The summed E-state index contributed by atoms with van der Waals surface area (Å²) in [5, 5.41) is 10.9. The molecule has 0 radical (unpaired) electrons. The van der Waals surface area contributed by atoms with Gasteiger partial charge in [-0.15, -0.1) is 0 Å². The predicted molar refractivity (Wildman–Crippen MR) is 71.4 cm³/mol. The van der Waals surface area contributed by atoms with E-state index in [4.69, 9.17) is 5.11 Å². The van der Waals surface area contributed by atoms with Gasteiger partial charge in [0.15, 0.2) is 0 Å². The summed E-state index contributed by atoms with van der Waals surface area (Å²) in [6.45, 7) is -0.520. The van der Waals surface area contributed by atoms with Crippen LogP contribution in [0.3, 0.4) is 0 Å². The van der Waals surface area contributed by atoms with Crippen LogP contribution in [0.25, 0.3) is 0 Å². The van der Waals surface area contributed by atoms with Crippen LogP contribution in [0.15, 0.2) is 18.2 Å². The first-order valence-electron chi connectivity index (χ1n) is 5.83. The van der Waals surface area contributed by atoms with E-state index in [2.05, 4.69) is 17.2 Å². The Labute approximate surface area is 116 Å². The molecule has 0 saturated carbocycles. The van der Waals surface area contributed by atoms with Gasteiger partial charge in [-0.2, -0.15) is 0 Å². The number of rotatable bonds is 3. The summed E-state index contributed by atoms with van der Waals surface area (Å²) in [6.07, 6.45) is 0. The first-order valence-corrected chi connectivity index (χ1v) is 5.83. The minimum absolute atomic E-state index is 0.161. The Kier molecular flexibility index (Phi) is 5.69. The van der Waals surface area contributed by atoms with Crippen LogP contribution < -0.4 is 5.32 Å². The predicted octanol–water partition coefficient (Wildman–Crippen LogP) is -0.0125. The Balaban J connectivity index is 2.76. The number of nitrogens with zero attached hydrogens (tertiary/aromatic N) is 1. The summed E-state index contributed by atoms with van der Waals surface area (Å²) in [4.78, 5) is 24.4. The molecular weight excluding hydrogens is 263 g/mol. The molecule has 1 aromatic rings. The van der Waals surface area contributed by atoms with E-state index in [1.165, 1.54) is 17.0 Å². The minimum atomic E-state index is -0.732. The zero-order valence-corrected chi connectivity index (χ0v) is 11.2. The van der Waals surface area contributed by atoms with Gasteiger partial charge in [-0.1, -0.05) is 11.8 Å². The number of amides is 2. The number of hydrogen-bond acceptors (Lipinski definition) is 3. The maximum Gasteiger partial charge on any atom is 0.254 e. The van der Waals surface area contributed by atoms with Crippen molar-refractivity contribution >= 4 is 11.8 Å². The third-order valence-corrected chi connectivity index (χ3v) is 2.42. The standard InChI is InChI=1S/C14H15FN2O3/c1-17(2)13(19)9-16-14(20)11-6-5-10(4-3-7-18)8-12(11)15/h5-6,8,18H,7,9H2,1-2H3,(H,16,20). The molecule has 0 aliphatic carbocycles. The summed E-state index contributed by atoms with van der Waals surface area (Å²) in [7, 11) is 3.12. The van der Waals surface area contributed by atoms with Crippen molar-refractivity contribution in [3.8, 4) is 11.8 Å². The molecule has 0 aliphatic rings. The van der Waals surface area contributed by atoms with E-state index in [0.717, 1.165) is 6.07 Å². The molecule has 0 fully saturated rings. The molecule has 0 bridgehead atoms. The summed E-state index contributed by atoms with van der Waals surface area (Å²) in [5.74, 6) is 3.23. The third kappa shape index (κ3) is 4.37. The second-order valence-electron chi connectivity index (χ2n) is 4.13. The van der Waals surface area contributed by atoms with Crippen molar-refractivity contribution in [2.24, 2.45) is 0 Å². The van der Waals surface area contributed by atoms with Gasteiger partial charge in [0, 0.05) is 19.7 Å². The first kappa shape index (κ1) is 15.7. The number of carbonyl (C=O) groups excluding carboxylic acids is 2. The molecule has 1 aromatic carbocycles. The number of hydrogen-bond donors (Lipinski definition) is 2. The molecule has 0 atom stereocenters. The molecule has 0 saturated heterocycles. The van der Waals surface area contributed by atoms with E-state index in [1.54, 1.807) is 14.1 Å². The molecule has 0 aliphatic heterocycles. The quantitative estimate of drug-likeness (QED) is 0.764. The highest BCUT2D eigenvalue weighted by molar-refractivity contribution is 5.96. The van der Waals surface area contributed by atoms with Crippen molar-refractivity contribution in [1.82, 2.24) is 10.2 Å². The number of nitrogens with one attached hydrogen (secondary N) is 1. The van der Waals surface area contributed by atoms with E-state index in [-0.39, 0.29) is 24.6 Å². The average Bonchev–Trinajstić information content (AvgIpc) is 2.42. The molecule has 0 heterocycles. The molecule has 5 nitrogen and oxygen atoms in total. The molecule has 1 rings (SSSR count). The fourth-order valence-electron chi connectivity index (χ4n) is 1.33. The van der Waals surface area contributed by atoms with Gasteiger partial charge in [-0.3, -0.25) is 9.59 Å². The monoisotopic (exact) mass is 278 g/mol. The Morgan fingerprint density at radius 3 is 2.65 bits per heavy atom. The van der Waals surface area contributed by atoms with Gasteiger partial charge in [-0.05, 0) is 18.2 Å².